The molecule has 5 heteroatoms. The van der Waals surface area contributed by atoms with Gasteiger partial charge in [0.05, 0.1) is 13.2 Å². The number of anilines is 1. The van der Waals surface area contributed by atoms with Gasteiger partial charge in [0.2, 0.25) is 0 Å². The first kappa shape index (κ1) is 10.6. The highest BCUT2D eigenvalue weighted by Gasteiger charge is 2.25. The molecular weight excluding hydrogens is 208 g/mol. The fourth-order valence-electron chi connectivity index (χ4n) is 1.51. The predicted octanol–water partition coefficient (Wildman–Crippen LogP) is 0.268. The lowest BCUT2D eigenvalue weighted by atomic mass is 10.2. The van der Waals surface area contributed by atoms with E-state index >= 15 is 0 Å². The maximum Gasteiger partial charge on any atom is 0.260 e. The minimum Gasteiger partial charge on any atom is -0.399 e. The SMILES string of the molecule is Nc1ccc(C(=O)N2CCOCC2=O)cc1. The van der Waals surface area contributed by atoms with Gasteiger partial charge in [0.25, 0.3) is 11.8 Å². The summed E-state index contributed by atoms with van der Waals surface area (Å²) in [5.41, 5.74) is 6.57. The van der Waals surface area contributed by atoms with Gasteiger partial charge in [0.15, 0.2) is 0 Å². The molecule has 1 aromatic carbocycles. The molecule has 2 amide bonds. The van der Waals surface area contributed by atoms with E-state index in [9.17, 15) is 9.59 Å². The van der Waals surface area contributed by atoms with E-state index < -0.39 is 0 Å². The summed E-state index contributed by atoms with van der Waals surface area (Å²) < 4.78 is 4.95. The van der Waals surface area contributed by atoms with Crippen molar-refractivity contribution in [1.82, 2.24) is 4.90 Å². The van der Waals surface area contributed by atoms with Crippen molar-refractivity contribution < 1.29 is 14.3 Å². The zero-order valence-electron chi connectivity index (χ0n) is 8.68. The molecule has 1 heterocycles. The van der Waals surface area contributed by atoms with Crippen LogP contribution in [-0.4, -0.2) is 36.5 Å². The standard InChI is InChI=1S/C11H12N2O3/c12-9-3-1-8(2-4-9)11(15)13-5-6-16-7-10(13)14/h1-4H,5-7,12H2. The fourth-order valence-corrected chi connectivity index (χ4v) is 1.51. The Morgan fingerprint density at radius 2 is 2.00 bits per heavy atom. The fraction of sp³-hybridized carbons (Fsp3) is 0.273. The smallest absolute Gasteiger partial charge is 0.260 e. The number of rotatable bonds is 1. The highest BCUT2D eigenvalue weighted by atomic mass is 16.5. The number of carbonyl (C=O) groups is 2. The molecule has 84 valence electrons. The van der Waals surface area contributed by atoms with Gasteiger partial charge in [0, 0.05) is 11.3 Å². The molecule has 2 N–H and O–H groups in total. The van der Waals surface area contributed by atoms with E-state index in [-0.39, 0.29) is 18.4 Å². The number of morpholine rings is 1. The van der Waals surface area contributed by atoms with E-state index in [1.165, 1.54) is 4.90 Å². The van der Waals surface area contributed by atoms with Gasteiger partial charge in [-0.2, -0.15) is 0 Å². The van der Waals surface area contributed by atoms with Gasteiger partial charge in [-0.1, -0.05) is 0 Å². The van der Waals surface area contributed by atoms with Gasteiger partial charge in [-0.25, -0.2) is 0 Å². The number of carbonyl (C=O) groups excluding carboxylic acids is 2. The summed E-state index contributed by atoms with van der Waals surface area (Å²) in [6.45, 7) is 0.676. The third-order valence-corrected chi connectivity index (χ3v) is 2.39. The second-order valence-electron chi connectivity index (χ2n) is 3.53. The van der Waals surface area contributed by atoms with Crippen molar-refractivity contribution in [2.45, 2.75) is 0 Å². The van der Waals surface area contributed by atoms with Crippen molar-refractivity contribution in [1.29, 1.82) is 0 Å². The maximum atomic E-state index is 11.9. The molecule has 1 fully saturated rings. The van der Waals surface area contributed by atoms with Crippen molar-refractivity contribution in [2.75, 3.05) is 25.5 Å². The van der Waals surface area contributed by atoms with Gasteiger partial charge < -0.3 is 10.5 Å². The molecule has 0 spiro atoms. The Hall–Kier alpha value is -1.88. The first-order valence-corrected chi connectivity index (χ1v) is 4.96. The summed E-state index contributed by atoms with van der Waals surface area (Å²) in [7, 11) is 0. The Kier molecular flexibility index (Phi) is 2.87. The minimum absolute atomic E-state index is 0.0271. The van der Waals surface area contributed by atoms with Crippen LogP contribution in [0.1, 0.15) is 10.4 Å². The van der Waals surface area contributed by atoms with Crippen LogP contribution in [0, 0.1) is 0 Å². The van der Waals surface area contributed by atoms with Gasteiger partial charge in [-0.05, 0) is 24.3 Å². The molecule has 2 rings (SSSR count). The van der Waals surface area contributed by atoms with Crippen LogP contribution in [0.3, 0.4) is 0 Å². The molecule has 0 unspecified atom stereocenters. The van der Waals surface area contributed by atoms with E-state index in [4.69, 9.17) is 10.5 Å². The highest BCUT2D eigenvalue weighted by Crippen LogP contribution is 2.10. The van der Waals surface area contributed by atoms with Crippen molar-refractivity contribution >= 4 is 17.5 Å². The zero-order chi connectivity index (χ0) is 11.5. The molecule has 0 bridgehead atoms. The van der Waals surface area contributed by atoms with Crippen LogP contribution in [0.15, 0.2) is 24.3 Å². The molecule has 5 nitrogen and oxygen atoms in total. The van der Waals surface area contributed by atoms with E-state index in [1.807, 2.05) is 0 Å². The molecule has 0 aromatic heterocycles. The number of nitrogens with zero attached hydrogens (tertiary/aromatic N) is 1. The topological polar surface area (TPSA) is 72.6 Å². The molecular formula is C11H12N2O3. The summed E-state index contributed by atoms with van der Waals surface area (Å²) in [5.74, 6) is -0.596. The highest BCUT2D eigenvalue weighted by molar-refractivity contribution is 6.05. The predicted molar refractivity (Wildman–Crippen MR) is 57.7 cm³/mol. The van der Waals surface area contributed by atoms with Crippen LogP contribution in [0.5, 0.6) is 0 Å². The number of nitrogen functional groups attached to an aromatic ring is 1. The van der Waals surface area contributed by atoms with E-state index in [0.29, 0.717) is 24.4 Å². The Bertz CT molecular complexity index is 414. The monoisotopic (exact) mass is 220 g/mol. The maximum absolute atomic E-state index is 11.9. The zero-order valence-corrected chi connectivity index (χ0v) is 8.68. The Morgan fingerprint density at radius 1 is 1.31 bits per heavy atom. The number of benzene rings is 1. The van der Waals surface area contributed by atoms with Gasteiger partial charge in [0.1, 0.15) is 6.61 Å². The number of hydrogen-bond donors (Lipinski definition) is 1. The minimum atomic E-state index is -0.298. The van der Waals surface area contributed by atoms with E-state index in [0.717, 1.165) is 0 Å². The Labute approximate surface area is 92.8 Å². The molecule has 1 saturated heterocycles. The molecule has 1 aliphatic heterocycles. The average molecular weight is 220 g/mol. The van der Waals surface area contributed by atoms with Crippen LogP contribution in [0.4, 0.5) is 5.69 Å². The van der Waals surface area contributed by atoms with Gasteiger partial charge in [-0.3, -0.25) is 14.5 Å². The van der Waals surface area contributed by atoms with Crippen LogP contribution < -0.4 is 5.73 Å². The first-order valence-electron chi connectivity index (χ1n) is 4.96. The third-order valence-electron chi connectivity index (χ3n) is 2.39. The lowest BCUT2D eigenvalue weighted by Gasteiger charge is -2.24. The van der Waals surface area contributed by atoms with Crippen LogP contribution in [0.25, 0.3) is 0 Å². The van der Waals surface area contributed by atoms with E-state index in [2.05, 4.69) is 0 Å². The molecule has 0 atom stereocenters. The summed E-state index contributed by atoms with van der Waals surface area (Å²) in [5, 5.41) is 0. The normalized spacial score (nSPS) is 16.2. The Balaban J connectivity index is 2.17. The summed E-state index contributed by atoms with van der Waals surface area (Å²) in [6.07, 6.45) is 0. The number of nitrogens with two attached hydrogens (primary N) is 1. The number of amides is 2. The first-order chi connectivity index (χ1) is 7.68. The summed E-state index contributed by atoms with van der Waals surface area (Å²) >= 11 is 0. The van der Waals surface area contributed by atoms with E-state index in [1.54, 1.807) is 24.3 Å². The number of hydrogen-bond acceptors (Lipinski definition) is 4. The Morgan fingerprint density at radius 3 is 2.62 bits per heavy atom. The third kappa shape index (κ3) is 2.04. The number of imide groups is 1. The molecule has 1 aliphatic rings. The van der Waals surface area contributed by atoms with Crippen LogP contribution >= 0.6 is 0 Å². The quantitative estimate of drug-likeness (QED) is 0.544. The van der Waals surface area contributed by atoms with Crippen molar-refractivity contribution in [3.63, 3.8) is 0 Å². The second kappa shape index (κ2) is 4.32. The van der Waals surface area contributed by atoms with Crippen molar-refractivity contribution in [3.8, 4) is 0 Å². The summed E-state index contributed by atoms with van der Waals surface area (Å²) in [4.78, 5) is 24.6. The molecule has 0 saturated carbocycles. The number of ether oxygens (including phenoxy) is 1. The van der Waals surface area contributed by atoms with Gasteiger partial charge in [-0.15, -0.1) is 0 Å². The lowest BCUT2D eigenvalue weighted by molar-refractivity contribution is -0.139. The largest absolute Gasteiger partial charge is 0.399 e. The van der Waals surface area contributed by atoms with Crippen molar-refractivity contribution in [3.05, 3.63) is 29.8 Å². The molecule has 0 radical (unpaired) electrons. The summed E-state index contributed by atoms with van der Waals surface area (Å²) in [6, 6.07) is 6.50. The lowest BCUT2D eigenvalue weighted by Crippen LogP contribution is -2.45. The van der Waals surface area contributed by atoms with Gasteiger partial charge >= 0.3 is 0 Å². The molecule has 16 heavy (non-hydrogen) atoms. The van der Waals surface area contributed by atoms with Crippen molar-refractivity contribution in [2.24, 2.45) is 0 Å². The van der Waals surface area contributed by atoms with Crippen LogP contribution in [0.2, 0.25) is 0 Å². The average Bonchev–Trinajstić information content (AvgIpc) is 2.30. The second-order valence-corrected chi connectivity index (χ2v) is 3.53. The van der Waals surface area contributed by atoms with Crippen LogP contribution in [-0.2, 0) is 9.53 Å². The molecule has 0 aliphatic carbocycles. The molecule has 1 aromatic rings.